The van der Waals surface area contributed by atoms with Crippen molar-refractivity contribution in [3.8, 4) is 17.1 Å². The Labute approximate surface area is 739 Å². The summed E-state index contributed by atoms with van der Waals surface area (Å²) in [7, 11) is 4.72. The smallest absolute Gasteiger partial charge is 0.407 e. The fourth-order valence-corrected chi connectivity index (χ4v) is 17.1. The summed E-state index contributed by atoms with van der Waals surface area (Å²) >= 11 is 0. The highest BCUT2D eigenvalue weighted by Crippen LogP contribution is 2.42. The second kappa shape index (κ2) is 53.4. The van der Waals surface area contributed by atoms with Crippen LogP contribution < -0.4 is 26.8 Å². The average Bonchev–Trinajstić information content (AvgIpc) is 1.57. The molecule has 1 aromatic carbocycles. The van der Waals surface area contributed by atoms with E-state index in [0.717, 1.165) is 64.3 Å². The number of piperidine rings is 1. The highest BCUT2D eigenvalue weighted by atomic mass is 16.6. The van der Waals surface area contributed by atoms with Crippen molar-refractivity contribution in [1.82, 2.24) is 40.1 Å². The summed E-state index contributed by atoms with van der Waals surface area (Å²) in [5, 5.41) is 57.9. The normalized spacial score (nSPS) is 29.0. The van der Waals surface area contributed by atoms with Gasteiger partial charge in [0.05, 0.1) is 162 Å². The summed E-state index contributed by atoms with van der Waals surface area (Å²) in [4.78, 5) is 97.3. The van der Waals surface area contributed by atoms with Gasteiger partial charge in [-0.1, -0.05) is 76.3 Å². The Kier molecular flexibility index (Phi) is 43.2. The zero-order valence-electron chi connectivity index (χ0n) is 75.1. The number of nitrogens with zero attached hydrogens (tertiary/aromatic N) is 5. The van der Waals surface area contributed by atoms with Gasteiger partial charge in [0.25, 0.3) is 11.7 Å². The molecule has 35 heteroatoms. The van der Waals surface area contributed by atoms with E-state index in [9.17, 15) is 49.2 Å². The van der Waals surface area contributed by atoms with Gasteiger partial charge in [0.2, 0.25) is 11.7 Å². The SMILES string of the molecule is COc1cccc2cc(-c3nc([C@H]4CC[C@H](C(=O)NCCOCCOCCOCCOCCOCCOCCOCCOCCOCCNC(=O)O[C@@H]5CC[C@@H](C[C@@H](N)[C@@H]6C[C@@H](O)[C@H](C)/C=C(\C)[C@@H](O)[C@@H](O)C(=O)[C@H](C)C[C@H](C)/C=C/C=C/C=C(\C)[C@@H](OC)C[C@@H]7CC[C@@H](C)[C@@](O)(O7)C(=O)C(=O)N7CCCC[C@H]7C(=O)O6)C[C@H]5OC)CC4)n4ncnc(N)c34)[nH]c12. The number of aromatic nitrogens is 5. The molecule has 11 N–H and O–H groups in total. The quantitative estimate of drug-likeness (QED) is 0.00922. The van der Waals surface area contributed by atoms with Crippen LogP contribution in [0.4, 0.5) is 10.6 Å². The molecule has 6 heterocycles. The van der Waals surface area contributed by atoms with Crippen LogP contribution in [-0.4, -0.2) is 312 Å². The first kappa shape index (κ1) is 102. The Morgan fingerprint density at radius 1 is 0.683 bits per heavy atom. The Bertz CT molecular complexity index is 4130. The lowest BCUT2D eigenvalue weighted by atomic mass is 9.80. The molecule has 2 saturated heterocycles. The number of anilines is 1. The topological polar surface area (TPSA) is 460 Å². The van der Waals surface area contributed by atoms with Crippen molar-refractivity contribution in [3.63, 3.8) is 0 Å². The van der Waals surface area contributed by atoms with Gasteiger partial charge in [0.15, 0.2) is 11.6 Å². The standard InChI is InChI=1S/C91H140N10O25/c1-58-16-11-10-12-17-59(2)75(113-8)55-68-27-21-63(6)91(111,126-68)84(106)88(108)100-31-14-13-19-71(100)89(109)124-76(56-72(102)60(3)51-62(5)82(104)83(105)81(103)61(4)50-58)69(92)52-64-22-28-73(77(53-64)114-9)125-90(110)95-30-33-116-35-37-118-39-41-120-43-45-122-47-49-123-48-46-121-44-42-119-40-38-117-36-34-115-32-29-94-87(107)66-25-23-65(24-26-66)86-99-79(80-85(93)96-57-97-101(80)86)70-54-67-18-15-20-74(112-7)78(67)98-70/h10-12,15-18,20,51,54,57-58,60-61,63-66,68-69,71-73,75-77,82-83,98,102,104-105,111H,13-14,19,21-50,52-53,55-56,92H2,1-9H3,(H,94,107)(H,95,110)(H2,93,96,97)/b12-10+,16-11+,59-17+,62-51+/t58-,60-,61-,63-,64+,65-,66-,68+,69-,71+,72-,73-,75+,76+,77-,82-,83+,91-/m1/s1. The van der Waals surface area contributed by atoms with E-state index in [1.54, 1.807) is 52.5 Å². The summed E-state index contributed by atoms with van der Waals surface area (Å²) in [5.74, 6) is -6.58. The van der Waals surface area contributed by atoms with Crippen LogP contribution in [0.3, 0.4) is 0 Å². The molecule has 3 aliphatic heterocycles. The third kappa shape index (κ3) is 30.7. The number of ketones is 2. The molecular formula is C91H140N10O25. The van der Waals surface area contributed by atoms with Crippen LogP contribution >= 0.6 is 0 Å². The second-order valence-electron chi connectivity index (χ2n) is 33.8. The number of nitrogens with one attached hydrogen (secondary N) is 3. The van der Waals surface area contributed by atoms with Crippen molar-refractivity contribution in [3.05, 3.63) is 84.0 Å². The Hall–Kier alpha value is -7.79. The number of amides is 3. The molecule has 0 spiro atoms. The largest absolute Gasteiger partial charge is 0.495 e. The molecule has 0 radical (unpaired) electrons. The number of ether oxygens (including phenoxy) is 15. The van der Waals surface area contributed by atoms with E-state index < -0.39 is 114 Å². The summed E-state index contributed by atoms with van der Waals surface area (Å²) in [6.07, 6.45) is 10.7. The minimum Gasteiger partial charge on any atom is -0.495 e. The number of hydrogen-bond acceptors (Lipinski definition) is 30. The van der Waals surface area contributed by atoms with Gasteiger partial charge in [-0.25, -0.2) is 24.1 Å². The predicted molar refractivity (Wildman–Crippen MR) is 467 cm³/mol. The zero-order chi connectivity index (χ0) is 90.5. The second-order valence-corrected chi connectivity index (χ2v) is 33.8. The van der Waals surface area contributed by atoms with Crippen LogP contribution in [0.5, 0.6) is 5.75 Å². The molecule has 2 aliphatic carbocycles. The minimum absolute atomic E-state index is 0.0160. The van der Waals surface area contributed by atoms with Crippen LogP contribution in [0.25, 0.3) is 27.8 Å². The monoisotopic (exact) mass is 1770 g/mol. The Balaban J connectivity index is 0.577. The number of alkyl carbamates (subject to hydrolysis) is 1. The molecule has 9 rings (SSSR count). The Morgan fingerprint density at radius 3 is 1.91 bits per heavy atom. The molecule has 126 heavy (non-hydrogen) atoms. The maximum atomic E-state index is 14.7. The number of nitrogens with two attached hydrogens (primary N) is 2. The van der Waals surface area contributed by atoms with Gasteiger partial charge in [0, 0.05) is 87.7 Å². The number of imidazole rings is 1. The van der Waals surface area contributed by atoms with Crippen LogP contribution in [0.1, 0.15) is 156 Å². The molecule has 0 unspecified atom stereocenters. The van der Waals surface area contributed by atoms with Crippen LogP contribution in [-0.2, 0) is 90.3 Å². The summed E-state index contributed by atoms with van der Waals surface area (Å²) in [5.41, 5.74) is 17.5. The van der Waals surface area contributed by atoms with Crippen molar-refractivity contribution >= 4 is 57.7 Å². The van der Waals surface area contributed by atoms with Crippen molar-refractivity contribution in [2.24, 2.45) is 41.2 Å². The highest BCUT2D eigenvalue weighted by molar-refractivity contribution is 6.39. The number of aliphatic hydroxyl groups excluding tert-OH is 3. The molecule has 3 aromatic heterocycles. The predicted octanol–water partition coefficient (Wildman–Crippen LogP) is 7.16. The van der Waals surface area contributed by atoms with Gasteiger partial charge in [0.1, 0.15) is 59.6 Å². The first-order valence-corrected chi connectivity index (χ1v) is 45.0. The lowest BCUT2D eigenvalue weighted by molar-refractivity contribution is -0.265. The summed E-state index contributed by atoms with van der Waals surface area (Å²) in [6.45, 7) is 17.9. The third-order valence-corrected chi connectivity index (χ3v) is 24.5. The number of fused-ring (bicyclic) bond motifs is 5. The lowest BCUT2D eigenvalue weighted by Crippen LogP contribution is -2.61. The van der Waals surface area contributed by atoms with E-state index >= 15 is 0 Å². The third-order valence-electron chi connectivity index (χ3n) is 24.5. The number of nitrogen functional groups attached to an aromatic ring is 1. The molecule has 4 aromatic rings. The number of H-pyrrole nitrogens is 1. The van der Waals surface area contributed by atoms with Crippen LogP contribution in [0.15, 0.2) is 78.2 Å². The summed E-state index contributed by atoms with van der Waals surface area (Å²) < 4.78 is 88.0. The number of para-hydroxylation sites is 1. The maximum Gasteiger partial charge on any atom is 0.407 e. The number of cyclic esters (lactones) is 1. The molecule has 2 bridgehead atoms. The molecule has 3 amide bonds. The average molecular weight is 1770 g/mol. The van der Waals surface area contributed by atoms with E-state index in [1.807, 2.05) is 68.5 Å². The van der Waals surface area contributed by atoms with Gasteiger partial charge in [-0.3, -0.25) is 19.2 Å². The van der Waals surface area contributed by atoms with Crippen LogP contribution in [0, 0.1) is 35.5 Å². The highest BCUT2D eigenvalue weighted by Gasteiger charge is 2.53. The van der Waals surface area contributed by atoms with Crippen molar-refractivity contribution in [2.75, 3.05) is 166 Å². The van der Waals surface area contributed by atoms with E-state index in [2.05, 4.69) is 25.7 Å². The number of carbonyl (C=O) groups excluding carboxylic acids is 6. The first-order chi connectivity index (χ1) is 60.8. The van der Waals surface area contributed by atoms with Gasteiger partial charge in [-0.05, 0) is 139 Å². The number of Topliss-reactive ketones (excluding diaryl/α,β-unsaturated/α-hetero) is 2. The Morgan fingerprint density at radius 2 is 1.30 bits per heavy atom. The van der Waals surface area contributed by atoms with Gasteiger partial charge in [-0.2, -0.15) is 5.10 Å². The number of aromatic amines is 1. The van der Waals surface area contributed by atoms with E-state index in [0.29, 0.717) is 181 Å². The lowest BCUT2D eigenvalue weighted by Gasteiger charge is -2.42. The number of rotatable bonds is 40. The molecule has 16 atom stereocenters. The van der Waals surface area contributed by atoms with Gasteiger partial charge >= 0.3 is 12.1 Å². The van der Waals surface area contributed by atoms with E-state index in [1.165, 1.54) is 13.4 Å². The molecular weight excluding hydrogens is 1630 g/mol. The van der Waals surface area contributed by atoms with Gasteiger partial charge < -0.3 is 123 Å². The number of methoxy groups -OCH3 is 3. The molecule has 704 valence electrons. The fraction of sp³-hybridized carbons (Fsp3) is 0.703. The summed E-state index contributed by atoms with van der Waals surface area (Å²) in [6, 6.07) is 5.73. The van der Waals surface area contributed by atoms with E-state index in [-0.39, 0.29) is 87.1 Å². The number of hydrogen-bond donors (Lipinski definition) is 9. The van der Waals surface area contributed by atoms with Gasteiger partial charge in [-0.15, -0.1) is 0 Å². The number of benzene rings is 1. The number of carbonyl (C=O) groups is 6. The molecule has 4 fully saturated rings. The van der Waals surface area contributed by atoms with Crippen molar-refractivity contribution < 1.29 is 120 Å². The molecule has 35 nitrogen and oxygen atoms in total. The first-order valence-electron chi connectivity index (χ1n) is 45.0. The maximum absolute atomic E-state index is 14.7. The molecule has 5 aliphatic rings. The number of allylic oxidation sites excluding steroid dienone is 5. The van der Waals surface area contributed by atoms with Crippen molar-refractivity contribution in [1.29, 1.82) is 0 Å². The van der Waals surface area contributed by atoms with Crippen LogP contribution in [0.2, 0.25) is 0 Å². The zero-order valence-corrected chi connectivity index (χ0v) is 75.1. The number of esters is 1. The van der Waals surface area contributed by atoms with Crippen molar-refractivity contribution in [2.45, 2.75) is 217 Å². The fourth-order valence-electron chi connectivity index (χ4n) is 17.1. The number of aliphatic hydroxyl groups is 4. The minimum atomic E-state index is -2.50. The molecule has 2 saturated carbocycles. The van der Waals surface area contributed by atoms with E-state index in [4.69, 9.17) is 87.5 Å².